The standard InChI is InChI=1S/C9H18F3O4P/c1-3-5-9(6-4-2,7(10)8(11)12)16-17(13,14)15/h7-8H,3-6H2,1-2H3,(H2,13,14,15). The summed E-state index contributed by atoms with van der Waals surface area (Å²) in [4.78, 5) is 17.4. The first-order valence-electron chi connectivity index (χ1n) is 5.37. The van der Waals surface area contributed by atoms with Gasteiger partial charge in [0.05, 0.1) is 0 Å². The summed E-state index contributed by atoms with van der Waals surface area (Å²) in [6.45, 7) is 3.21. The van der Waals surface area contributed by atoms with Gasteiger partial charge < -0.3 is 9.79 Å². The Labute approximate surface area is 98.4 Å². The molecule has 0 saturated carbocycles. The molecular formula is C9H18F3O4P. The van der Waals surface area contributed by atoms with Crippen LogP contribution in [0.3, 0.4) is 0 Å². The van der Waals surface area contributed by atoms with E-state index in [-0.39, 0.29) is 25.7 Å². The van der Waals surface area contributed by atoms with Crippen LogP contribution in [0.25, 0.3) is 0 Å². The summed E-state index contributed by atoms with van der Waals surface area (Å²) < 4.78 is 53.5. The number of hydrogen-bond donors (Lipinski definition) is 2. The van der Waals surface area contributed by atoms with Crippen molar-refractivity contribution in [3.05, 3.63) is 0 Å². The van der Waals surface area contributed by atoms with E-state index in [0.29, 0.717) is 0 Å². The molecule has 0 saturated heterocycles. The Morgan fingerprint density at radius 2 is 1.59 bits per heavy atom. The summed E-state index contributed by atoms with van der Waals surface area (Å²) in [6.07, 6.45) is -5.82. The first-order valence-corrected chi connectivity index (χ1v) is 6.90. The molecule has 0 spiro atoms. The molecule has 0 aliphatic rings. The molecule has 0 amide bonds. The van der Waals surface area contributed by atoms with Crippen molar-refractivity contribution in [1.29, 1.82) is 0 Å². The Morgan fingerprint density at radius 1 is 1.18 bits per heavy atom. The second kappa shape index (κ2) is 6.73. The summed E-state index contributed by atoms with van der Waals surface area (Å²) >= 11 is 0. The molecule has 1 atom stereocenters. The van der Waals surface area contributed by atoms with Crippen molar-refractivity contribution in [2.75, 3.05) is 0 Å². The lowest BCUT2D eigenvalue weighted by molar-refractivity contribution is -0.102. The fourth-order valence-electron chi connectivity index (χ4n) is 1.86. The van der Waals surface area contributed by atoms with Crippen LogP contribution >= 0.6 is 7.82 Å². The number of rotatable bonds is 8. The van der Waals surface area contributed by atoms with Gasteiger partial charge in [-0.1, -0.05) is 26.7 Å². The number of phosphoric ester groups is 1. The number of alkyl halides is 3. The first kappa shape index (κ1) is 16.9. The van der Waals surface area contributed by atoms with Crippen molar-refractivity contribution in [2.45, 2.75) is 57.7 Å². The Hall–Kier alpha value is -0.100. The van der Waals surface area contributed by atoms with Crippen molar-refractivity contribution >= 4 is 7.82 Å². The fourth-order valence-corrected chi connectivity index (χ4v) is 2.61. The molecule has 0 aromatic heterocycles. The smallest absolute Gasteiger partial charge is 0.303 e. The maximum atomic E-state index is 13.5. The van der Waals surface area contributed by atoms with Crippen LogP contribution in [-0.2, 0) is 9.09 Å². The van der Waals surface area contributed by atoms with E-state index >= 15 is 0 Å². The second-order valence-electron chi connectivity index (χ2n) is 3.88. The van der Waals surface area contributed by atoms with Gasteiger partial charge in [-0.2, -0.15) is 0 Å². The SMILES string of the molecule is CCCC(CCC)(OP(=O)(O)O)C(F)C(F)F. The van der Waals surface area contributed by atoms with Crippen LogP contribution in [0.15, 0.2) is 0 Å². The van der Waals surface area contributed by atoms with Gasteiger partial charge in [0.2, 0.25) is 0 Å². The van der Waals surface area contributed by atoms with E-state index in [4.69, 9.17) is 9.79 Å². The lowest BCUT2D eigenvalue weighted by Crippen LogP contribution is -2.45. The van der Waals surface area contributed by atoms with Crippen LogP contribution in [0.2, 0.25) is 0 Å². The summed E-state index contributed by atoms with van der Waals surface area (Å²) in [7, 11) is -5.01. The molecule has 0 aromatic rings. The predicted molar refractivity (Wildman–Crippen MR) is 56.6 cm³/mol. The molecule has 2 N–H and O–H groups in total. The molecule has 1 unspecified atom stereocenters. The molecule has 104 valence electrons. The molecule has 0 aromatic carbocycles. The lowest BCUT2D eigenvalue weighted by atomic mass is 9.88. The summed E-state index contributed by atoms with van der Waals surface area (Å²) in [6, 6.07) is 0. The van der Waals surface area contributed by atoms with Gasteiger partial charge in [0.25, 0.3) is 6.43 Å². The topological polar surface area (TPSA) is 66.8 Å². The molecule has 0 radical (unpaired) electrons. The minimum Gasteiger partial charge on any atom is -0.303 e. The van der Waals surface area contributed by atoms with Gasteiger partial charge in [-0.3, -0.25) is 4.52 Å². The van der Waals surface area contributed by atoms with Crippen LogP contribution in [-0.4, -0.2) is 28.0 Å². The van der Waals surface area contributed by atoms with Gasteiger partial charge in [0.1, 0.15) is 5.60 Å². The normalized spacial score (nSPS) is 15.3. The largest absolute Gasteiger partial charge is 0.470 e. The van der Waals surface area contributed by atoms with Gasteiger partial charge in [0, 0.05) is 0 Å². The average molecular weight is 278 g/mol. The fraction of sp³-hybridized carbons (Fsp3) is 1.00. The highest BCUT2D eigenvalue weighted by Gasteiger charge is 2.48. The zero-order valence-corrected chi connectivity index (χ0v) is 10.7. The first-order chi connectivity index (χ1) is 7.68. The number of hydrogen-bond acceptors (Lipinski definition) is 2. The molecule has 8 heteroatoms. The number of halogens is 3. The molecule has 0 bridgehead atoms. The maximum Gasteiger partial charge on any atom is 0.470 e. The van der Waals surface area contributed by atoms with E-state index in [1.54, 1.807) is 13.8 Å². The van der Waals surface area contributed by atoms with E-state index < -0.39 is 26.0 Å². The molecule has 0 fully saturated rings. The van der Waals surface area contributed by atoms with Crippen molar-refractivity contribution in [3.8, 4) is 0 Å². The molecule has 17 heavy (non-hydrogen) atoms. The highest BCUT2D eigenvalue weighted by Crippen LogP contribution is 2.47. The Balaban J connectivity index is 5.17. The van der Waals surface area contributed by atoms with Gasteiger partial charge >= 0.3 is 7.82 Å². The van der Waals surface area contributed by atoms with E-state index in [1.807, 2.05) is 0 Å². The molecular weight excluding hydrogens is 260 g/mol. The van der Waals surface area contributed by atoms with E-state index in [9.17, 15) is 17.7 Å². The summed E-state index contributed by atoms with van der Waals surface area (Å²) in [5.74, 6) is 0. The summed E-state index contributed by atoms with van der Waals surface area (Å²) in [5.41, 5.74) is -2.11. The van der Waals surface area contributed by atoms with Crippen LogP contribution in [0.1, 0.15) is 39.5 Å². The Kier molecular flexibility index (Phi) is 6.69. The second-order valence-corrected chi connectivity index (χ2v) is 5.05. The molecule has 0 aliphatic heterocycles. The third-order valence-corrected chi connectivity index (χ3v) is 2.97. The van der Waals surface area contributed by atoms with Crippen molar-refractivity contribution in [2.24, 2.45) is 0 Å². The van der Waals surface area contributed by atoms with Crippen molar-refractivity contribution in [1.82, 2.24) is 0 Å². The van der Waals surface area contributed by atoms with Crippen molar-refractivity contribution in [3.63, 3.8) is 0 Å². The summed E-state index contributed by atoms with van der Waals surface area (Å²) in [5, 5.41) is 0. The maximum absolute atomic E-state index is 13.5. The highest BCUT2D eigenvalue weighted by molar-refractivity contribution is 7.46. The molecule has 0 heterocycles. The third-order valence-electron chi connectivity index (χ3n) is 2.37. The van der Waals surface area contributed by atoms with Crippen LogP contribution in [0.5, 0.6) is 0 Å². The van der Waals surface area contributed by atoms with Gasteiger partial charge in [-0.25, -0.2) is 17.7 Å². The zero-order chi connectivity index (χ0) is 13.7. The van der Waals surface area contributed by atoms with Crippen LogP contribution in [0.4, 0.5) is 13.2 Å². The Morgan fingerprint density at radius 3 is 1.82 bits per heavy atom. The van der Waals surface area contributed by atoms with E-state index in [2.05, 4.69) is 4.52 Å². The minimum absolute atomic E-state index is 0.169. The van der Waals surface area contributed by atoms with Crippen LogP contribution < -0.4 is 0 Å². The van der Waals surface area contributed by atoms with Crippen molar-refractivity contribution < 1.29 is 32.0 Å². The van der Waals surface area contributed by atoms with Crippen LogP contribution in [0, 0.1) is 0 Å². The van der Waals surface area contributed by atoms with E-state index in [1.165, 1.54) is 0 Å². The lowest BCUT2D eigenvalue weighted by Gasteiger charge is -2.35. The third kappa shape index (κ3) is 5.38. The zero-order valence-electron chi connectivity index (χ0n) is 9.78. The van der Waals surface area contributed by atoms with E-state index in [0.717, 1.165) is 0 Å². The quantitative estimate of drug-likeness (QED) is 0.670. The predicted octanol–water partition coefficient (Wildman–Crippen LogP) is 3.04. The number of phosphoric acid groups is 1. The monoisotopic (exact) mass is 278 g/mol. The van der Waals surface area contributed by atoms with Gasteiger partial charge in [0.15, 0.2) is 6.17 Å². The molecule has 0 aliphatic carbocycles. The Bertz CT molecular complexity index is 263. The minimum atomic E-state index is -5.01. The van der Waals surface area contributed by atoms with Gasteiger partial charge in [-0.05, 0) is 12.8 Å². The molecule has 0 rings (SSSR count). The average Bonchev–Trinajstić information content (AvgIpc) is 2.14. The molecule has 4 nitrogen and oxygen atoms in total. The highest BCUT2D eigenvalue weighted by atomic mass is 31.2. The van der Waals surface area contributed by atoms with Gasteiger partial charge in [-0.15, -0.1) is 0 Å².